The summed E-state index contributed by atoms with van der Waals surface area (Å²) < 4.78 is 0. The number of hydrogen-bond acceptors (Lipinski definition) is 2. The highest BCUT2D eigenvalue weighted by Crippen LogP contribution is 2.34. The van der Waals surface area contributed by atoms with Crippen molar-refractivity contribution in [3.05, 3.63) is 60.1 Å². The van der Waals surface area contributed by atoms with Crippen LogP contribution >= 0.6 is 0 Å². The van der Waals surface area contributed by atoms with Gasteiger partial charge in [-0.1, -0.05) is 43.0 Å². The van der Waals surface area contributed by atoms with Gasteiger partial charge in [0, 0.05) is 19.2 Å². The molecule has 1 fully saturated rings. The maximum atomic E-state index is 4.11. The van der Waals surface area contributed by atoms with Crippen LogP contribution < -0.4 is 5.32 Å². The van der Waals surface area contributed by atoms with Gasteiger partial charge in [0.1, 0.15) is 0 Å². The van der Waals surface area contributed by atoms with Crippen LogP contribution in [0.25, 0.3) is 0 Å². The third-order valence-corrected chi connectivity index (χ3v) is 3.51. The first-order chi connectivity index (χ1) is 7.92. The van der Waals surface area contributed by atoms with Crippen LogP contribution in [0.5, 0.6) is 0 Å². The second-order valence-electron chi connectivity index (χ2n) is 5.08. The van der Waals surface area contributed by atoms with Gasteiger partial charge < -0.3 is 10.2 Å². The van der Waals surface area contributed by atoms with Gasteiger partial charge in [-0.25, -0.2) is 0 Å². The van der Waals surface area contributed by atoms with Gasteiger partial charge in [-0.2, -0.15) is 0 Å². The molecule has 1 heterocycles. The van der Waals surface area contributed by atoms with E-state index in [1.807, 2.05) is 11.9 Å². The maximum Gasteiger partial charge on any atom is 0.0985 e. The van der Waals surface area contributed by atoms with Gasteiger partial charge in [0.25, 0.3) is 0 Å². The van der Waals surface area contributed by atoms with Crippen LogP contribution in [0.2, 0.25) is 0 Å². The Balaban J connectivity index is 2.37. The van der Waals surface area contributed by atoms with E-state index in [4.69, 9.17) is 0 Å². The topological polar surface area (TPSA) is 15.3 Å². The molecule has 0 aliphatic carbocycles. The Labute approximate surface area is 104 Å². The minimum Gasteiger partial charge on any atom is -0.362 e. The normalized spacial score (nSPS) is 24.8. The van der Waals surface area contributed by atoms with E-state index >= 15 is 0 Å². The summed E-state index contributed by atoms with van der Waals surface area (Å²) in [7, 11) is 1.99. The maximum absolute atomic E-state index is 4.11. The van der Waals surface area contributed by atoms with Crippen LogP contribution in [0.4, 0.5) is 0 Å². The van der Waals surface area contributed by atoms with Crippen LogP contribution in [0.15, 0.2) is 48.9 Å². The van der Waals surface area contributed by atoms with Gasteiger partial charge in [-0.15, -0.1) is 0 Å². The van der Waals surface area contributed by atoms with Gasteiger partial charge >= 0.3 is 0 Å². The van der Waals surface area contributed by atoms with E-state index in [-0.39, 0.29) is 5.54 Å². The summed E-state index contributed by atoms with van der Waals surface area (Å²) in [6.07, 6.45) is 0.895. The summed E-state index contributed by atoms with van der Waals surface area (Å²) in [4.78, 5) is 2.01. The van der Waals surface area contributed by atoms with Crippen molar-refractivity contribution in [2.45, 2.75) is 25.8 Å². The summed E-state index contributed by atoms with van der Waals surface area (Å²) in [6.45, 7) is 12.5. The lowest BCUT2D eigenvalue weighted by Gasteiger charge is -2.43. The Kier molecular flexibility index (Phi) is 2.74. The van der Waals surface area contributed by atoms with Crippen molar-refractivity contribution in [2.24, 2.45) is 0 Å². The molecule has 1 aromatic rings. The Morgan fingerprint density at radius 2 is 2.06 bits per heavy atom. The second kappa shape index (κ2) is 3.95. The standard InChI is InChI=1S/C15H20N2/c1-11-7-6-8-14(9-11)15(4)10-12(2)17(5)13(3)16-15/h6-9,16H,2-3,10H2,1,4-5H3/t15-/m0/s1. The molecular formula is C15H20N2. The smallest absolute Gasteiger partial charge is 0.0985 e. The molecule has 1 aliphatic rings. The molecule has 1 saturated heterocycles. The number of benzene rings is 1. The summed E-state index contributed by atoms with van der Waals surface area (Å²) in [5, 5.41) is 3.49. The van der Waals surface area contributed by atoms with E-state index in [1.165, 1.54) is 11.1 Å². The average molecular weight is 228 g/mol. The van der Waals surface area contributed by atoms with Crippen LogP contribution in [0.1, 0.15) is 24.5 Å². The van der Waals surface area contributed by atoms with Gasteiger partial charge in [-0.05, 0) is 19.4 Å². The van der Waals surface area contributed by atoms with Crippen molar-refractivity contribution < 1.29 is 0 Å². The second-order valence-corrected chi connectivity index (χ2v) is 5.08. The summed E-state index contributed by atoms with van der Waals surface area (Å²) in [5.41, 5.74) is 3.55. The predicted molar refractivity (Wildman–Crippen MR) is 72.3 cm³/mol. The van der Waals surface area contributed by atoms with Gasteiger partial charge in [0.05, 0.1) is 11.4 Å². The zero-order valence-corrected chi connectivity index (χ0v) is 10.9. The fourth-order valence-electron chi connectivity index (χ4n) is 2.33. The first-order valence-electron chi connectivity index (χ1n) is 5.88. The highest BCUT2D eigenvalue weighted by Gasteiger charge is 2.33. The van der Waals surface area contributed by atoms with Crippen LogP contribution in [0.3, 0.4) is 0 Å². The van der Waals surface area contributed by atoms with Crippen molar-refractivity contribution in [1.29, 1.82) is 0 Å². The molecular weight excluding hydrogens is 208 g/mol. The Bertz CT molecular complexity index is 456. The number of hydrogen-bond donors (Lipinski definition) is 1. The van der Waals surface area contributed by atoms with E-state index in [2.05, 4.69) is 56.6 Å². The summed E-state index contributed by atoms with van der Waals surface area (Å²) in [5.74, 6) is 0.908. The van der Waals surface area contributed by atoms with Crippen LogP contribution in [0, 0.1) is 6.92 Å². The van der Waals surface area contributed by atoms with Crippen LogP contribution in [-0.4, -0.2) is 11.9 Å². The van der Waals surface area contributed by atoms with Gasteiger partial charge in [0.15, 0.2) is 0 Å². The minimum absolute atomic E-state index is 0.104. The summed E-state index contributed by atoms with van der Waals surface area (Å²) >= 11 is 0. The van der Waals surface area contributed by atoms with Crippen LogP contribution in [-0.2, 0) is 5.54 Å². The van der Waals surface area contributed by atoms with Crippen molar-refractivity contribution in [1.82, 2.24) is 10.2 Å². The lowest BCUT2D eigenvalue weighted by atomic mass is 9.85. The molecule has 0 saturated carbocycles. The number of nitrogens with zero attached hydrogens (tertiary/aromatic N) is 1. The molecule has 0 bridgehead atoms. The molecule has 1 N–H and O–H groups in total. The molecule has 1 aliphatic heterocycles. The lowest BCUT2D eigenvalue weighted by molar-refractivity contribution is 0.268. The monoisotopic (exact) mass is 228 g/mol. The van der Waals surface area contributed by atoms with Gasteiger partial charge in [0.2, 0.25) is 0 Å². The Morgan fingerprint density at radius 3 is 2.65 bits per heavy atom. The molecule has 2 rings (SSSR count). The summed E-state index contributed by atoms with van der Waals surface area (Å²) in [6, 6.07) is 8.59. The van der Waals surface area contributed by atoms with E-state index in [0.717, 1.165) is 17.9 Å². The van der Waals surface area contributed by atoms with Crippen molar-refractivity contribution in [3.8, 4) is 0 Å². The number of rotatable bonds is 1. The fourth-order valence-corrected chi connectivity index (χ4v) is 2.33. The first kappa shape index (κ1) is 11.8. The van der Waals surface area contributed by atoms with E-state index in [1.54, 1.807) is 0 Å². The molecule has 1 atom stereocenters. The minimum atomic E-state index is -0.104. The number of aryl methyl sites for hydroxylation is 1. The van der Waals surface area contributed by atoms with E-state index < -0.39 is 0 Å². The predicted octanol–water partition coefficient (Wildman–Crippen LogP) is 3.12. The Hall–Kier alpha value is -1.70. The molecule has 0 unspecified atom stereocenters. The van der Waals surface area contributed by atoms with E-state index in [0.29, 0.717) is 0 Å². The quantitative estimate of drug-likeness (QED) is 0.794. The molecule has 0 aromatic heterocycles. The third-order valence-electron chi connectivity index (χ3n) is 3.51. The van der Waals surface area contributed by atoms with Gasteiger partial charge in [-0.3, -0.25) is 0 Å². The molecule has 0 radical (unpaired) electrons. The Morgan fingerprint density at radius 1 is 1.35 bits per heavy atom. The van der Waals surface area contributed by atoms with E-state index in [9.17, 15) is 0 Å². The van der Waals surface area contributed by atoms with Crippen molar-refractivity contribution in [2.75, 3.05) is 7.05 Å². The molecule has 0 amide bonds. The molecule has 2 nitrogen and oxygen atoms in total. The molecule has 0 spiro atoms. The van der Waals surface area contributed by atoms with Crippen molar-refractivity contribution >= 4 is 0 Å². The largest absolute Gasteiger partial charge is 0.362 e. The average Bonchev–Trinajstić information content (AvgIpc) is 2.26. The SMILES string of the molecule is C=C1C[C@@](C)(c2cccc(C)c2)NC(=C)N1C. The number of nitrogens with one attached hydrogen (secondary N) is 1. The third kappa shape index (κ3) is 2.07. The fraction of sp³-hybridized carbons (Fsp3) is 0.333. The molecule has 17 heavy (non-hydrogen) atoms. The molecule has 2 heteroatoms. The molecule has 90 valence electrons. The first-order valence-corrected chi connectivity index (χ1v) is 5.88. The molecule has 1 aromatic carbocycles. The highest BCUT2D eigenvalue weighted by atomic mass is 15.3. The highest BCUT2D eigenvalue weighted by molar-refractivity contribution is 5.33. The van der Waals surface area contributed by atoms with Crippen molar-refractivity contribution in [3.63, 3.8) is 0 Å². The zero-order valence-electron chi connectivity index (χ0n) is 10.9. The lowest BCUT2D eigenvalue weighted by Crippen LogP contribution is -2.48. The zero-order chi connectivity index (χ0) is 12.6.